The molecule has 0 amide bonds. The lowest BCUT2D eigenvalue weighted by Gasteiger charge is -2.07. The molecule has 20 heavy (non-hydrogen) atoms. The number of hydrogen-bond donors (Lipinski definition) is 1. The smallest absolute Gasteiger partial charge is 0.340 e. The summed E-state index contributed by atoms with van der Waals surface area (Å²) in [5.41, 5.74) is 6.60. The van der Waals surface area contributed by atoms with Gasteiger partial charge in [0, 0.05) is 5.69 Å². The minimum atomic E-state index is -0.585. The molecule has 0 spiro atoms. The molecule has 0 heterocycles. The Labute approximate surface area is 115 Å². The first-order valence-corrected chi connectivity index (χ1v) is 5.95. The maximum atomic E-state index is 12.9. The van der Waals surface area contributed by atoms with Crippen molar-refractivity contribution in [3.8, 4) is 5.75 Å². The van der Waals surface area contributed by atoms with Crippen LogP contribution in [0.2, 0.25) is 0 Å². The van der Waals surface area contributed by atoms with Crippen LogP contribution in [0.5, 0.6) is 5.75 Å². The number of benzene rings is 2. The Hall–Kier alpha value is -2.56. The molecule has 2 N–H and O–H groups in total. The number of ether oxygens (including phenoxy) is 2. The lowest BCUT2D eigenvalue weighted by atomic mass is 10.2. The van der Waals surface area contributed by atoms with E-state index in [-0.39, 0.29) is 17.9 Å². The highest BCUT2D eigenvalue weighted by molar-refractivity contribution is 5.94. The van der Waals surface area contributed by atoms with Crippen LogP contribution in [-0.2, 0) is 11.3 Å². The molecule has 0 aromatic heterocycles. The zero-order valence-electron chi connectivity index (χ0n) is 10.9. The summed E-state index contributed by atoms with van der Waals surface area (Å²) in [6, 6.07) is 10.7. The van der Waals surface area contributed by atoms with Crippen molar-refractivity contribution in [1.29, 1.82) is 0 Å². The molecule has 104 valence electrons. The topological polar surface area (TPSA) is 61.5 Å². The number of nitrogen functional groups attached to an aromatic ring is 1. The van der Waals surface area contributed by atoms with E-state index in [1.165, 1.54) is 12.1 Å². The second kappa shape index (κ2) is 6.06. The van der Waals surface area contributed by atoms with E-state index in [0.717, 1.165) is 17.4 Å². The summed E-state index contributed by atoms with van der Waals surface area (Å²) in [5.74, 6) is -0.352. The molecule has 0 aliphatic heterocycles. The lowest BCUT2D eigenvalue weighted by molar-refractivity contribution is 0.0474. The highest BCUT2D eigenvalue weighted by Gasteiger charge is 2.12. The monoisotopic (exact) mass is 275 g/mol. The summed E-state index contributed by atoms with van der Waals surface area (Å²) in [6.45, 7) is 0.111. The van der Waals surface area contributed by atoms with Crippen molar-refractivity contribution in [2.45, 2.75) is 6.61 Å². The van der Waals surface area contributed by atoms with Gasteiger partial charge < -0.3 is 15.2 Å². The number of rotatable bonds is 4. The van der Waals surface area contributed by atoms with Gasteiger partial charge in [-0.3, -0.25) is 0 Å². The number of carbonyl (C=O) groups is 1. The summed E-state index contributed by atoms with van der Waals surface area (Å²) >= 11 is 0. The van der Waals surface area contributed by atoms with Gasteiger partial charge in [-0.25, -0.2) is 9.18 Å². The Bertz CT molecular complexity index is 611. The van der Waals surface area contributed by atoms with Crippen LogP contribution >= 0.6 is 0 Å². The SMILES string of the molecule is COc1ccc(COC(=O)c2ccc(F)cc2N)cc1. The normalized spacial score (nSPS) is 10.1. The molecule has 0 aliphatic carbocycles. The average molecular weight is 275 g/mol. The third-order valence-corrected chi connectivity index (χ3v) is 2.76. The third-order valence-electron chi connectivity index (χ3n) is 2.76. The van der Waals surface area contributed by atoms with Crippen LogP contribution in [0, 0.1) is 5.82 Å². The highest BCUT2D eigenvalue weighted by atomic mass is 19.1. The predicted octanol–water partition coefficient (Wildman–Crippen LogP) is 2.77. The fraction of sp³-hybridized carbons (Fsp3) is 0.133. The van der Waals surface area contributed by atoms with Crippen molar-refractivity contribution >= 4 is 11.7 Å². The van der Waals surface area contributed by atoms with Gasteiger partial charge in [0.05, 0.1) is 12.7 Å². The number of anilines is 1. The molecule has 0 bridgehead atoms. The van der Waals surface area contributed by atoms with Gasteiger partial charge >= 0.3 is 5.97 Å². The summed E-state index contributed by atoms with van der Waals surface area (Å²) in [5, 5.41) is 0. The highest BCUT2D eigenvalue weighted by Crippen LogP contribution is 2.16. The zero-order chi connectivity index (χ0) is 14.5. The van der Waals surface area contributed by atoms with Gasteiger partial charge in [-0.2, -0.15) is 0 Å². The van der Waals surface area contributed by atoms with E-state index in [9.17, 15) is 9.18 Å². The molecule has 0 unspecified atom stereocenters. The molecule has 0 aliphatic rings. The van der Waals surface area contributed by atoms with Crippen LogP contribution < -0.4 is 10.5 Å². The molecular weight excluding hydrogens is 261 g/mol. The van der Waals surface area contributed by atoms with Gasteiger partial charge in [0.2, 0.25) is 0 Å². The second-order valence-corrected chi connectivity index (χ2v) is 4.16. The maximum Gasteiger partial charge on any atom is 0.340 e. The Morgan fingerprint density at radius 2 is 1.90 bits per heavy atom. The van der Waals surface area contributed by atoms with Crippen molar-refractivity contribution < 1.29 is 18.7 Å². The van der Waals surface area contributed by atoms with E-state index in [0.29, 0.717) is 0 Å². The van der Waals surface area contributed by atoms with Crippen molar-refractivity contribution in [3.05, 3.63) is 59.4 Å². The third kappa shape index (κ3) is 3.26. The molecule has 0 fully saturated rings. The number of hydrogen-bond acceptors (Lipinski definition) is 4. The van der Waals surface area contributed by atoms with Crippen LogP contribution in [-0.4, -0.2) is 13.1 Å². The molecule has 5 heteroatoms. The number of carbonyl (C=O) groups excluding carboxylic acids is 1. The Balaban J connectivity index is 2.00. The standard InChI is InChI=1S/C15H14FNO3/c1-19-12-5-2-10(3-6-12)9-20-15(18)13-7-4-11(16)8-14(13)17/h2-8H,9,17H2,1H3. The Morgan fingerprint density at radius 1 is 1.20 bits per heavy atom. The average Bonchev–Trinajstić information content (AvgIpc) is 2.45. The van der Waals surface area contributed by atoms with E-state index in [1.807, 2.05) is 0 Å². The van der Waals surface area contributed by atoms with Gasteiger partial charge in [-0.1, -0.05) is 12.1 Å². The van der Waals surface area contributed by atoms with Crippen LogP contribution in [0.15, 0.2) is 42.5 Å². The summed E-state index contributed by atoms with van der Waals surface area (Å²) in [7, 11) is 1.58. The van der Waals surface area contributed by atoms with Crippen LogP contribution in [0.1, 0.15) is 15.9 Å². The van der Waals surface area contributed by atoms with Crippen LogP contribution in [0.3, 0.4) is 0 Å². The van der Waals surface area contributed by atoms with Crippen LogP contribution in [0.4, 0.5) is 10.1 Å². The zero-order valence-corrected chi connectivity index (χ0v) is 10.9. The predicted molar refractivity (Wildman–Crippen MR) is 72.9 cm³/mol. The molecule has 2 aromatic carbocycles. The molecule has 0 saturated carbocycles. The molecule has 2 rings (SSSR count). The first-order chi connectivity index (χ1) is 9.60. The summed E-state index contributed by atoms with van der Waals surface area (Å²) in [6.07, 6.45) is 0. The minimum absolute atomic E-state index is 0.0599. The molecule has 4 nitrogen and oxygen atoms in total. The van der Waals surface area contributed by atoms with Gasteiger partial charge in [-0.15, -0.1) is 0 Å². The lowest BCUT2D eigenvalue weighted by Crippen LogP contribution is -2.08. The van der Waals surface area contributed by atoms with E-state index in [2.05, 4.69) is 0 Å². The van der Waals surface area contributed by atoms with E-state index >= 15 is 0 Å². The number of methoxy groups -OCH3 is 1. The number of nitrogens with two attached hydrogens (primary N) is 1. The van der Waals surface area contributed by atoms with Crippen molar-refractivity contribution in [3.63, 3.8) is 0 Å². The van der Waals surface area contributed by atoms with Crippen molar-refractivity contribution in [2.24, 2.45) is 0 Å². The molecule has 0 radical (unpaired) electrons. The molecule has 0 atom stereocenters. The summed E-state index contributed by atoms with van der Waals surface area (Å²) < 4.78 is 23.0. The van der Waals surface area contributed by atoms with Gasteiger partial charge in [-0.05, 0) is 35.9 Å². The number of esters is 1. The van der Waals surface area contributed by atoms with Crippen LogP contribution in [0.25, 0.3) is 0 Å². The van der Waals surface area contributed by atoms with Crippen molar-refractivity contribution in [2.75, 3.05) is 12.8 Å². The van der Waals surface area contributed by atoms with E-state index in [1.54, 1.807) is 31.4 Å². The quantitative estimate of drug-likeness (QED) is 0.688. The molecule has 2 aromatic rings. The summed E-state index contributed by atoms with van der Waals surface area (Å²) in [4.78, 5) is 11.8. The van der Waals surface area contributed by atoms with Crippen molar-refractivity contribution in [1.82, 2.24) is 0 Å². The van der Waals surface area contributed by atoms with E-state index in [4.69, 9.17) is 15.2 Å². The minimum Gasteiger partial charge on any atom is -0.497 e. The van der Waals surface area contributed by atoms with Gasteiger partial charge in [0.15, 0.2) is 0 Å². The first kappa shape index (κ1) is 13.9. The molecule has 0 saturated heterocycles. The fourth-order valence-corrected chi connectivity index (χ4v) is 1.67. The fourth-order valence-electron chi connectivity index (χ4n) is 1.67. The second-order valence-electron chi connectivity index (χ2n) is 4.16. The first-order valence-electron chi connectivity index (χ1n) is 5.95. The maximum absolute atomic E-state index is 12.9. The Kier molecular flexibility index (Phi) is 4.20. The van der Waals surface area contributed by atoms with E-state index < -0.39 is 11.8 Å². The molecular formula is C15H14FNO3. The van der Waals surface area contributed by atoms with Gasteiger partial charge in [0.25, 0.3) is 0 Å². The Morgan fingerprint density at radius 3 is 2.50 bits per heavy atom. The largest absolute Gasteiger partial charge is 0.497 e. The number of halogens is 1. The van der Waals surface area contributed by atoms with Gasteiger partial charge in [0.1, 0.15) is 18.2 Å².